The van der Waals surface area contributed by atoms with Gasteiger partial charge in [-0.3, -0.25) is 9.59 Å². The lowest BCUT2D eigenvalue weighted by molar-refractivity contribution is -0.870. The molecule has 0 radical (unpaired) electrons. The number of rotatable bonds is 64. The molecule has 9 nitrogen and oxygen atoms in total. The Balaban J connectivity index is 4.27. The van der Waals surface area contributed by atoms with Crippen LogP contribution in [0, 0.1) is 0 Å². The average molecular weight is 1280 g/mol. The topological polar surface area (TPSA) is 108 Å². The molecule has 1 N–H and O–H groups in total. The van der Waals surface area contributed by atoms with Gasteiger partial charge in [0.25, 0.3) is 6.29 Å². The molecule has 9 heteroatoms. The highest BCUT2D eigenvalue weighted by atomic mass is 16.7. The number of carbonyl (C=O) groups is 3. The van der Waals surface area contributed by atoms with Gasteiger partial charge in [-0.2, -0.15) is 0 Å². The van der Waals surface area contributed by atoms with Crippen LogP contribution in [0.15, 0.2) is 207 Å². The first-order valence-electron chi connectivity index (χ1n) is 36.2. The summed E-state index contributed by atoms with van der Waals surface area (Å²) in [5.41, 5.74) is 0. The second-order valence-electron chi connectivity index (χ2n) is 24.4. The Hall–Kier alpha value is -6.13. The summed E-state index contributed by atoms with van der Waals surface area (Å²) in [4.78, 5) is 37.6. The van der Waals surface area contributed by atoms with Crippen LogP contribution in [-0.4, -0.2) is 87.4 Å². The van der Waals surface area contributed by atoms with E-state index in [1.54, 1.807) is 0 Å². The van der Waals surface area contributed by atoms with E-state index in [1.165, 1.54) is 70.6 Å². The van der Waals surface area contributed by atoms with Crippen molar-refractivity contribution >= 4 is 17.9 Å². The molecule has 0 aliphatic rings. The Morgan fingerprint density at radius 2 is 0.581 bits per heavy atom. The summed E-state index contributed by atoms with van der Waals surface area (Å²) in [7, 11) is 5.95. The molecule has 93 heavy (non-hydrogen) atoms. The van der Waals surface area contributed by atoms with Crippen LogP contribution in [0.3, 0.4) is 0 Å². The van der Waals surface area contributed by atoms with Crippen LogP contribution in [0.4, 0.5) is 0 Å². The van der Waals surface area contributed by atoms with Gasteiger partial charge >= 0.3 is 17.9 Å². The lowest BCUT2D eigenvalue weighted by Crippen LogP contribution is -2.40. The van der Waals surface area contributed by atoms with Crippen molar-refractivity contribution in [2.45, 2.75) is 257 Å². The average Bonchev–Trinajstić information content (AvgIpc) is 3.38. The summed E-state index contributed by atoms with van der Waals surface area (Å²) in [5, 5.41) is 9.75. The van der Waals surface area contributed by atoms with Crippen LogP contribution in [0.2, 0.25) is 0 Å². The Labute approximate surface area is 569 Å². The van der Waals surface area contributed by atoms with E-state index in [9.17, 15) is 19.5 Å². The maximum atomic E-state index is 12.9. The van der Waals surface area contributed by atoms with Crippen LogP contribution in [0.5, 0.6) is 0 Å². The van der Waals surface area contributed by atoms with Crippen molar-refractivity contribution in [2.75, 3.05) is 47.5 Å². The minimum atomic E-state index is -1.54. The van der Waals surface area contributed by atoms with Gasteiger partial charge in [-0.05, 0) is 148 Å². The predicted octanol–water partition coefficient (Wildman–Crippen LogP) is 23.1. The van der Waals surface area contributed by atoms with Gasteiger partial charge in [-0.1, -0.05) is 291 Å². The number of nitrogens with zero attached hydrogens (tertiary/aromatic N) is 1. The molecule has 0 rings (SSSR count). The molecule has 0 bridgehead atoms. The van der Waals surface area contributed by atoms with Crippen molar-refractivity contribution in [3.63, 3.8) is 0 Å². The van der Waals surface area contributed by atoms with Crippen molar-refractivity contribution < 1.29 is 42.9 Å². The molecule has 0 aromatic heterocycles. The third-order valence-electron chi connectivity index (χ3n) is 14.5. The monoisotopic (exact) mass is 1280 g/mol. The number of hydrogen-bond donors (Lipinski definition) is 1. The van der Waals surface area contributed by atoms with Gasteiger partial charge in [0.1, 0.15) is 13.2 Å². The number of quaternary nitrogens is 1. The first-order chi connectivity index (χ1) is 45.6. The Morgan fingerprint density at radius 1 is 0.323 bits per heavy atom. The number of ether oxygens (including phenoxy) is 4. The first kappa shape index (κ1) is 86.9. The summed E-state index contributed by atoms with van der Waals surface area (Å²) < 4.78 is 22.9. The highest BCUT2D eigenvalue weighted by molar-refractivity contribution is 5.71. The first-order valence-corrected chi connectivity index (χ1v) is 36.2. The van der Waals surface area contributed by atoms with E-state index in [0.29, 0.717) is 17.4 Å². The van der Waals surface area contributed by atoms with E-state index in [1.807, 2.05) is 21.1 Å². The van der Waals surface area contributed by atoms with Crippen molar-refractivity contribution in [3.8, 4) is 0 Å². The van der Waals surface area contributed by atoms with E-state index >= 15 is 0 Å². The maximum absolute atomic E-state index is 12.9. The molecule has 0 saturated carbocycles. The van der Waals surface area contributed by atoms with Crippen molar-refractivity contribution in [1.29, 1.82) is 0 Å². The van der Waals surface area contributed by atoms with Crippen LogP contribution in [0.25, 0.3) is 0 Å². The molecule has 0 aliphatic carbocycles. The molecular formula is C84H132NO8+. The highest BCUT2D eigenvalue weighted by Gasteiger charge is 2.25. The number of esters is 2. The van der Waals surface area contributed by atoms with Crippen LogP contribution < -0.4 is 0 Å². The maximum Gasteiger partial charge on any atom is 0.361 e. The minimum Gasteiger partial charge on any atom is -0.477 e. The van der Waals surface area contributed by atoms with Gasteiger partial charge in [0.2, 0.25) is 0 Å². The van der Waals surface area contributed by atoms with E-state index in [-0.39, 0.29) is 38.6 Å². The minimum absolute atomic E-state index is 0.168. The number of unbranched alkanes of at least 4 members (excludes halogenated alkanes) is 15. The largest absolute Gasteiger partial charge is 0.477 e. The summed E-state index contributed by atoms with van der Waals surface area (Å²) in [6.45, 7) is 4.58. The number of carbonyl (C=O) groups excluding carboxylic acids is 2. The van der Waals surface area contributed by atoms with Crippen molar-refractivity contribution in [3.05, 3.63) is 207 Å². The zero-order chi connectivity index (χ0) is 67.5. The number of aliphatic carboxylic acids is 1. The smallest absolute Gasteiger partial charge is 0.361 e. The molecule has 2 atom stereocenters. The SMILES string of the molecule is CC/C=C\C/C=C\C/C=C\C/C=C\C/C=C\C/C=C\C/C=C\C/C=C\C/C=C\C/C=C\C/C=C\C/C=C\CCCCC(=O)OC(COC(=O)CCCCCCCCCCCCCCC/C=C\C/C=C\C/C=C\C/C=C\C/C=C\CC)COC(OCC[N+](C)(C)C)C(=O)O. The van der Waals surface area contributed by atoms with E-state index < -0.39 is 24.3 Å². The summed E-state index contributed by atoms with van der Waals surface area (Å²) in [6.07, 6.45) is 109. The van der Waals surface area contributed by atoms with Gasteiger partial charge in [0.15, 0.2) is 6.10 Å². The van der Waals surface area contributed by atoms with Gasteiger partial charge in [-0.15, -0.1) is 0 Å². The van der Waals surface area contributed by atoms with Crippen molar-refractivity contribution in [2.24, 2.45) is 0 Å². The molecule has 520 valence electrons. The molecule has 0 spiro atoms. The van der Waals surface area contributed by atoms with E-state index in [4.69, 9.17) is 18.9 Å². The molecule has 0 aliphatic heterocycles. The predicted molar refractivity (Wildman–Crippen MR) is 400 cm³/mol. The number of hydrogen-bond acceptors (Lipinski definition) is 7. The number of carboxylic acid groups (broad SMARTS) is 1. The molecule has 0 amide bonds. The van der Waals surface area contributed by atoms with Gasteiger partial charge in [0.05, 0.1) is 34.4 Å². The van der Waals surface area contributed by atoms with E-state index in [0.717, 1.165) is 141 Å². The number of carboxylic acids is 1. The fraction of sp³-hybridized carbons (Fsp3) is 0.560. The summed E-state index contributed by atoms with van der Waals surface area (Å²) in [5.74, 6) is -2.09. The molecular weight excluding hydrogens is 1150 g/mol. The molecule has 0 fully saturated rings. The number of likely N-dealkylation sites (N-methyl/N-ethyl adjacent to an activating group) is 1. The van der Waals surface area contributed by atoms with Crippen LogP contribution in [0.1, 0.15) is 245 Å². The molecule has 0 heterocycles. The summed E-state index contributed by atoms with van der Waals surface area (Å²) in [6, 6.07) is 0. The van der Waals surface area contributed by atoms with Gasteiger partial charge < -0.3 is 28.5 Å². The molecule has 2 unspecified atom stereocenters. The Bertz CT molecular complexity index is 2280. The standard InChI is InChI=1S/C84H131NO8/c1-6-8-10-12-14-16-18-20-22-24-26-28-30-32-34-36-37-38-39-40-41-42-43-44-45-47-49-51-53-55-57-59-61-63-65-67-69-71-73-75-82(87)93-80(79-92-84(83(88)89)90-77-76-85(3,4)5)78-91-81(86)74-72-70-68-66-64-62-60-58-56-54-52-50-48-46-35-33-31-29-27-25-23-21-19-17-15-13-11-9-7-2/h8-11,14-17,20-23,26-29,32-35,37-38,40-41,43-44,47,49,53,55,59,61,65,67,80,84H,6-7,12-13,18-19,24-25,30-31,36,39,42,45-46,48,50-52,54,56-58,60,62-64,66,68-79H2,1-5H3/p+1/b10-8-,11-9-,16-14-,17-15-,22-20-,23-21-,28-26-,29-27-,34-32-,35-33-,38-37-,41-40-,44-43-,49-47-,55-53-,61-59-,67-65-. The summed E-state index contributed by atoms with van der Waals surface area (Å²) >= 11 is 0. The Morgan fingerprint density at radius 3 is 0.882 bits per heavy atom. The zero-order valence-electron chi connectivity index (χ0n) is 59.3. The van der Waals surface area contributed by atoms with Gasteiger partial charge in [-0.25, -0.2) is 4.79 Å². The molecule has 0 aromatic rings. The third kappa shape index (κ3) is 73.1. The normalized spacial score (nSPS) is 13.9. The Kier molecular flexibility index (Phi) is 67.0. The lowest BCUT2D eigenvalue weighted by atomic mass is 10.0. The van der Waals surface area contributed by atoms with Gasteiger partial charge in [0, 0.05) is 12.8 Å². The fourth-order valence-electron chi connectivity index (χ4n) is 9.08. The second kappa shape index (κ2) is 71.7. The van der Waals surface area contributed by atoms with Crippen molar-refractivity contribution in [1.82, 2.24) is 0 Å². The molecule has 0 aromatic carbocycles. The second-order valence-corrected chi connectivity index (χ2v) is 24.4. The molecule has 0 saturated heterocycles. The quantitative estimate of drug-likeness (QED) is 0.0211. The fourth-order valence-corrected chi connectivity index (χ4v) is 9.08. The van der Waals surface area contributed by atoms with Crippen LogP contribution in [-0.2, 0) is 33.3 Å². The van der Waals surface area contributed by atoms with Crippen LogP contribution >= 0.6 is 0 Å². The third-order valence-corrected chi connectivity index (χ3v) is 14.5. The van der Waals surface area contributed by atoms with E-state index in [2.05, 4.69) is 220 Å². The lowest BCUT2D eigenvalue weighted by Gasteiger charge is -2.25. The highest BCUT2D eigenvalue weighted by Crippen LogP contribution is 2.15. The zero-order valence-corrected chi connectivity index (χ0v) is 59.3. The number of allylic oxidation sites excluding steroid dienone is 34.